The highest BCUT2D eigenvalue weighted by molar-refractivity contribution is 7.89. The highest BCUT2D eigenvalue weighted by Gasteiger charge is 2.29. The summed E-state index contributed by atoms with van der Waals surface area (Å²) in [4.78, 5) is 2.26. The van der Waals surface area contributed by atoms with Gasteiger partial charge in [0.05, 0.1) is 34.5 Å². The first kappa shape index (κ1) is 25.8. The third-order valence-corrected chi connectivity index (χ3v) is 7.99. The minimum absolute atomic E-state index is 0.135. The zero-order valence-corrected chi connectivity index (χ0v) is 21.7. The summed E-state index contributed by atoms with van der Waals surface area (Å²) < 4.78 is 51.3. The van der Waals surface area contributed by atoms with Crippen LogP contribution in [-0.4, -0.2) is 60.4 Å². The van der Waals surface area contributed by atoms with Gasteiger partial charge in [-0.2, -0.15) is 4.31 Å². The first-order chi connectivity index (χ1) is 17.4. The lowest BCUT2D eigenvalue weighted by atomic mass is 10.2. The zero-order chi connectivity index (χ0) is 25.5. The summed E-state index contributed by atoms with van der Waals surface area (Å²) in [6.45, 7) is 2.98. The molecule has 1 saturated heterocycles. The predicted octanol–water partition coefficient (Wildman–Crippen LogP) is 3.94. The van der Waals surface area contributed by atoms with Crippen LogP contribution in [0.2, 0.25) is 0 Å². The van der Waals surface area contributed by atoms with Crippen molar-refractivity contribution in [3.05, 3.63) is 77.9 Å². The molecule has 192 valence electrons. The molecule has 0 amide bonds. The molecule has 0 N–H and O–H groups in total. The number of sulfonamides is 1. The molecule has 1 aliphatic rings. The van der Waals surface area contributed by atoms with Gasteiger partial charge in [0, 0.05) is 31.9 Å². The molecule has 3 aromatic rings. The molecule has 0 bridgehead atoms. The van der Waals surface area contributed by atoms with Crippen LogP contribution >= 0.6 is 0 Å². The fraction of sp³-hybridized carbons (Fsp3) is 0.333. The summed E-state index contributed by atoms with van der Waals surface area (Å²) in [5.41, 5.74) is 2.51. The van der Waals surface area contributed by atoms with Crippen LogP contribution in [0.3, 0.4) is 0 Å². The van der Waals surface area contributed by atoms with Gasteiger partial charge in [0.2, 0.25) is 10.0 Å². The van der Waals surface area contributed by atoms with E-state index in [-0.39, 0.29) is 18.0 Å². The zero-order valence-electron chi connectivity index (χ0n) is 20.8. The van der Waals surface area contributed by atoms with Gasteiger partial charge in [0.25, 0.3) is 0 Å². The smallest absolute Gasteiger partial charge is 0.247 e. The van der Waals surface area contributed by atoms with E-state index in [2.05, 4.69) is 4.90 Å². The van der Waals surface area contributed by atoms with Gasteiger partial charge in [-0.05, 0) is 53.6 Å². The van der Waals surface area contributed by atoms with Crippen LogP contribution in [0.15, 0.2) is 71.6 Å². The van der Waals surface area contributed by atoms with Gasteiger partial charge in [-0.15, -0.1) is 0 Å². The van der Waals surface area contributed by atoms with Gasteiger partial charge in [-0.25, -0.2) is 8.42 Å². The summed E-state index contributed by atoms with van der Waals surface area (Å²) in [6, 6.07) is 20.1. The first-order valence-corrected chi connectivity index (χ1v) is 13.2. The quantitative estimate of drug-likeness (QED) is 0.407. The standard InChI is InChI=1S/C27H32N2O6S/c1-32-24-9-4-21(5-10-24)19-29(20-22-6-11-25(33-2)12-7-22)36(30,31)27-18-23(8-13-26(27)34-3)28-14-16-35-17-15-28/h4-13,18H,14-17,19-20H2,1-3H3. The SMILES string of the molecule is COc1ccc(CN(Cc2ccc(OC)cc2)S(=O)(=O)c2cc(N3CCOCC3)ccc2OC)cc1. The Kier molecular flexibility index (Phi) is 8.35. The van der Waals surface area contributed by atoms with Crippen LogP contribution < -0.4 is 19.1 Å². The van der Waals surface area contributed by atoms with Gasteiger partial charge < -0.3 is 23.8 Å². The Labute approximate surface area is 213 Å². The van der Waals surface area contributed by atoms with Crippen LogP contribution in [0.4, 0.5) is 5.69 Å². The van der Waals surface area contributed by atoms with E-state index in [0.717, 1.165) is 16.8 Å². The van der Waals surface area contributed by atoms with Crippen molar-refractivity contribution in [2.24, 2.45) is 0 Å². The molecule has 36 heavy (non-hydrogen) atoms. The Bertz CT molecular complexity index is 1190. The lowest BCUT2D eigenvalue weighted by Gasteiger charge is -2.30. The molecule has 1 heterocycles. The molecule has 8 nitrogen and oxygen atoms in total. The van der Waals surface area contributed by atoms with Gasteiger partial charge in [-0.3, -0.25) is 0 Å². The number of anilines is 1. The van der Waals surface area contributed by atoms with Crippen molar-refractivity contribution >= 4 is 15.7 Å². The van der Waals surface area contributed by atoms with E-state index in [1.807, 2.05) is 54.6 Å². The molecule has 0 spiro atoms. The minimum atomic E-state index is -3.94. The maximum absolute atomic E-state index is 14.2. The number of hydrogen-bond donors (Lipinski definition) is 0. The molecule has 0 atom stereocenters. The second-order valence-electron chi connectivity index (χ2n) is 8.40. The third kappa shape index (κ3) is 5.92. The number of ether oxygens (including phenoxy) is 4. The van der Waals surface area contributed by atoms with E-state index < -0.39 is 10.0 Å². The molecule has 0 unspecified atom stereocenters. The monoisotopic (exact) mass is 512 g/mol. The lowest BCUT2D eigenvalue weighted by molar-refractivity contribution is 0.122. The van der Waals surface area contributed by atoms with Crippen LogP contribution in [-0.2, 0) is 27.8 Å². The molecule has 9 heteroatoms. The molecular weight excluding hydrogens is 480 g/mol. The molecule has 0 aliphatic carbocycles. The van der Waals surface area contributed by atoms with Crippen molar-refractivity contribution in [2.45, 2.75) is 18.0 Å². The largest absolute Gasteiger partial charge is 0.497 e. The van der Waals surface area contributed by atoms with E-state index in [4.69, 9.17) is 18.9 Å². The highest BCUT2D eigenvalue weighted by Crippen LogP contribution is 2.33. The second-order valence-corrected chi connectivity index (χ2v) is 10.3. The summed E-state index contributed by atoms with van der Waals surface area (Å²) >= 11 is 0. The van der Waals surface area contributed by atoms with Crippen LogP contribution in [0.1, 0.15) is 11.1 Å². The molecular formula is C27H32N2O6S. The number of rotatable bonds is 10. The number of methoxy groups -OCH3 is 3. The van der Waals surface area contributed by atoms with Gasteiger partial charge in [-0.1, -0.05) is 24.3 Å². The fourth-order valence-electron chi connectivity index (χ4n) is 4.12. The summed E-state index contributed by atoms with van der Waals surface area (Å²) in [5, 5.41) is 0. The minimum Gasteiger partial charge on any atom is -0.497 e. The summed E-state index contributed by atoms with van der Waals surface area (Å²) in [6.07, 6.45) is 0. The number of benzene rings is 3. The van der Waals surface area contributed by atoms with E-state index in [9.17, 15) is 8.42 Å². The van der Waals surface area contributed by atoms with Crippen molar-refractivity contribution in [2.75, 3.05) is 52.5 Å². The molecule has 0 saturated carbocycles. The van der Waals surface area contributed by atoms with Crippen LogP contribution in [0.5, 0.6) is 17.2 Å². The van der Waals surface area contributed by atoms with E-state index in [0.29, 0.717) is 43.6 Å². The average molecular weight is 513 g/mol. The lowest BCUT2D eigenvalue weighted by Crippen LogP contribution is -2.36. The van der Waals surface area contributed by atoms with Crippen molar-refractivity contribution in [3.8, 4) is 17.2 Å². The Morgan fingerprint density at radius 3 is 1.78 bits per heavy atom. The van der Waals surface area contributed by atoms with Crippen molar-refractivity contribution in [1.82, 2.24) is 4.31 Å². The Morgan fingerprint density at radius 2 is 1.31 bits per heavy atom. The molecule has 3 aromatic carbocycles. The Morgan fingerprint density at radius 1 is 0.778 bits per heavy atom. The number of hydrogen-bond acceptors (Lipinski definition) is 7. The maximum atomic E-state index is 14.2. The first-order valence-electron chi connectivity index (χ1n) is 11.7. The van der Waals surface area contributed by atoms with E-state index in [1.165, 1.54) is 11.4 Å². The van der Waals surface area contributed by atoms with Crippen molar-refractivity contribution in [1.29, 1.82) is 0 Å². The molecule has 1 fully saturated rings. The second kappa shape index (κ2) is 11.6. The van der Waals surface area contributed by atoms with Crippen LogP contribution in [0.25, 0.3) is 0 Å². The fourth-order valence-corrected chi connectivity index (χ4v) is 5.71. The highest BCUT2D eigenvalue weighted by atomic mass is 32.2. The van der Waals surface area contributed by atoms with Crippen molar-refractivity contribution < 1.29 is 27.4 Å². The van der Waals surface area contributed by atoms with Gasteiger partial charge >= 0.3 is 0 Å². The number of nitrogens with zero attached hydrogens (tertiary/aromatic N) is 2. The Balaban J connectivity index is 1.72. The van der Waals surface area contributed by atoms with Crippen molar-refractivity contribution in [3.63, 3.8) is 0 Å². The van der Waals surface area contributed by atoms with Gasteiger partial charge in [0.1, 0.15) is 22.1 Å². The molecule has 0 radical (unpaired) electrons. The topological polar surface area (TPSA) is 77.5 Å². The summed E-state index contributed by atoms with van der Waals surface area (Å²) in [7, 11) is 0.742. The summed E-state index contributed by atoms with van der Waals surface area (Å²) in [5.74, 6) is 1.73. The van der Waals surface area contributed by atoms with Gasteiger partial charge in [0.15, 0.2) is 0 Å². The maximum Gasteiger partial charge on any atom is 0.247 e. The Hall–Kier alpha value is -3.27. The van der Waals surface area contributed by atoms with E-state index >= 15 is 0 Å². The normalized spacial score (nSPS) is 14.1. The number of morpholine rings is 1. The predicted molar refractivity (Wildman–Crippen MR) is 138 cm³/mol. The molecule has 1 aliphatic heterocycles. The molecule has 0 aromatic heterocycles. The van der Waals surface area contributed by atoms with Crippen LogP contribution in [0, 0.1) is 0 Å². The van der Waals surface area contributed by atoms with E-state index in [1.54, 1.807) is 26.4 Å². The average Bonchev–Trinajstić information content (AvgIpc) is 2.93. The third-order valence-electron chi connectivity index (χ3n) is 6.18. The molecule has 4 rings (SSSR count).